The highest BCUT2D eigenvalue weighted by molar-refractivity contribution is 5.95. The van der Waals surface area contributed by atoms with Crippen molar-refractivity contribution >= 4 is 11.7 Å². The fourth-order valence-corrected chi connectivity index (χ4v) is 2.92. The summed E-state index contributed by atoms with van der Waals surface area (Å²) in [6, 6.07) is 3.50. The topological polar surface area (TPSA) is 68.0 Å². The largest absolute Gasteiger partial charge is 0.384 e. The van der Waals surface area contributed by atoms with Crippen molar-refractivity contribution in [1.29, 1.82) is 0 Å². The molecule has 1 aromatic rings. The molecular weight excluding hydrogens is 262 g/mol. The molecule has 0 aromatic carbocycles. The summed E-state index contributed by atoms with van der Waals surface area (Å²) in [7, 11) is 0. The van der Waals surface area contributed by atoms with E-state index in [1.54, 1.807) is 6.07 Å². The molecule has 1 fully saturated rings. The van der Waals surface area contributed by atoms with Crippen molar-refractivity contribution in [3.63, 3.8) is 0 Å². The van der Waals surface area contributed by atoms with Gasteiger partial charge >= 0.3 is 0 Å². The maximum atomic E-state index is 12.3. The van der Waals surface area contributed by atoms with Crippen LogP contribution >= 0.6 is 0 Å². The normalized spacial score (nSPS) is 22.3. The molecule has 1 aliphatic rings. The third-order valence-electron chi connectivity index (χ3n) is 4.23. The monoisotopic (exact) mass is 289 g/mol. The van der Waals surface area contributed by atoms with Crippen LogP contribution < -0.4 is 11.1 Å². The number of pyridine rings is 1. The number of nitrogens with two attached hydrogens (primary N) is 1. The molecule has 0 aliphatic heterocycles. The van der Waals surface area contributed by atoms with Gasteiger partial charge in [0, 0.05) is 23.2 Å². The summed E-state index contributed by atoms with van der Waals surface area (Å²) in [5, 5.41) is 3.05. The summed E-state index contributed by atoms with van der Waals surface area (Å²) in [4.78, 5) is 16.7. The summed E-state index contributed by atoms with van der Waals surface area (Å²) in [6.07, 6.45) is 3.70. The average molecular weight is 289 g/mol. The Balaban J connectivity index is 2.03. The summed E-state index contributed by atoms with van der Waals surface area (Å²) in [5.41, 5.74) is 7.18. The van der Waals surface area contributed by atoms with Gasteiger partial charge in [0.25, 0.3) is 5.91 Å². The van der Waals surface area contributed by atoms with E-state index >= 15 is 0 Å². The average Bonchev–Trinajstić information content (AvgIpc) is 2.80. The minimum Gasteiger partial charge on any atom is -0.384 e. The van der Waals surface area contributed by atoms with Crippen LogP contribution in [0.5, 0.6) is 0 Å². The number of nitrogens with one attached hydrogen (secondary N) is 1. The molecule has 1 saturated carbocycles. The second-order valence-corrected chi connectivity index (χ2v) is 7.41. The molecule has 1 heterocycles. The highest BCUT2D eigenvalue weighted by Crippen LogP contribution is 2.29. The molecule has 1 amide bonds. The highest BCUT2D eigenvalue weighted by atomic mass is 16.1. The fourth-order valence-electron chi connectivity index (χ4n) is 2.92. The lowest BCUT2D eigenvalue weighted by molar-refractivity contribution is 0.0947. The van der Waals surface area contributed by atoms with Crippen LogP contribution in [-0.2, 0) is 5.41 Å². The molecule has 2 unspecified atom stereocenters. The van der Waals surface area contributed by atoms with E-state index in [-0.39, 0.29) is 11.3 Å². The Morgan fingerprint density at radius 1 is 1.38 bits per heavy atom. The van der Waals surface area contributed by atoms with Gasteiger partial charge in [-0.25, -0.2) is 4.98 Å². The van der Waals surface area contributed by atoms with E-state index in [1.165, 1.54) is 19.3 Å². The van der Waals surface area contributed by atoms with Gasteiger partial charge in [-0.05, 0) is 36.8 Å². The van der Waals surface area contributed by atoms with Crippen LogP contribution in [0.1, 0.15) is 63.0 Å². The summed E-state index contributed by atoms with van der Waals surface area (Å²) in [6.45, 7) is 9.24. The Hall–Kier alpha value is -1.58. The zero-order chi connectivity index (χ0) is 15.6. The van der Waals surface area contributed by atoms with Crippen LogP contribution in [0.15, 0.2) is 12.1 Å². The number of nitrogen functional groups attached to an aromatic ring is 1. The molecule has 2 atom stereocenters. The Kier molecular flexibility index (Phi) is 4.55. The minimum atomic E-state index is -0.120. The van der Waals surface area contributed by atoms with E-state index in [1.807, 2.05) is 6.07 Å². The molecule has 0 radical (unpaired) electrons. The lowest BCUT2D eigenvalue weighted by atomic mass is 9.90. The molecule has 0 spiro atoms. The summed E-state index contributed by atoms with van der Waals surface area (Å²) in [5.74, 6) is 1.76. The van der Waals surface area contributed by atoms with Crippen LogP contribution in [0.3, 0.4) is 0 Å². The van der Waals surface area contributed by atoms with Crippen molar-refractivity contribution in [3.05, 3.63) is 23.4 Å². The third-order valence-corrected chi connectivity index (χ3v) is 4.23. The predicted octanol–water partition coefficient (Wildman–Crippen LogP) is 3.13. The van der Waals surface area contributed by atoms with Gasteiger partial charge in [-0.1, -0.05) is 34.1 Å². The van der Waals surface area contributed by atoms with Crippen molar-refractivity contribution in [2.75, 3.05) is 12.3 Å². The van der Waals surface area contributed by atoms with Gasteiger partial charge < -0.3 is 11.1 Å². The lowest BCUT2D eigenvalue weighted by Crippen LogP contribution is -2.29. The Bertz CT molecular complexity index is 519. The van der Waals surface area contributed by atoms with E-state index in [2.05, 4.69) is 38.0 Å². The first-order valence-corrected chi connectivity index (χ1v) is 7.82. The molecule has 0 bridgehead atoms. The predicted molar refractivity (Wildman–Crippen MR) is 86.2 cm³/mol. The van der Waals surface area contributed by atoms with Gasteiger partial charge in [-0.2, -0.15) is 0 Å². The number of nitrogens with zero attached hydrogens (tertiary/aromatic N) is 1. The van der Waals surface area contributed by atoms with Gasteiger partial charge in [0.15, 0.2) is 0 Å². The van der Waals surface area contributed by atoms with Gasteiger partial charge in [-0.3, -0.25) is 4.79 Å². The van der Waals surface area contributed by atoms with E-state index < -0.39 is 0 Å². The van der Waals surface area contributed by atoms with Gasteiger partial charge in [0.05, 0.1) is 0 Å². The fraction of sp³-hybridized carbons (Fsp3) is 0.647. The molecule has 4 heteroatoms. The standard InChI is InChI=1S/C17H27N3O/c1-11-5-6-12(7-11)10-19-16(21)13-8-14(17(2,3)4)20-15(18)9-13/h8-9,11-12H,5-7,10H2,1-4H3,(H2,18,20)(H,19,21). The number of amides is 1. The lowest BCUT2D eigenvalue weighted by Gasteiger charge is -2.19. The van der Waals surface area contributed by atoms with E-state index in [0.29, 0.717) is 17.3 Å². The van der Waals surface area contributed by atoms with Gasteiger partial charge in [-0.15, -0.1) is 0 Å². The molecular formula is C17H27N3O. The maximum absolute atomic E-state index is 12.3. The quantitative estimate of drug-likeness (QED) is 0.898. The van der Waals surface area contributed by atoms with Crippen molar-refractivity contribution in [1.82, 2.24) is 10.3 Å². The number of carbonyl (C=O) groups is 1. The number of carbonyl (C=O) groups excluding carboxylic acids is 1. The molecule has 1 aromatic heterocycles. The number of rotatable bonds is 3. The Morgan fingerprint density at radius 3 is 2.67 bits per heavy atom. The van der Waals surface area contributed by atoms with Gasteiger partial charge in [0.2, 0.25) is 0 Å². The number of aromatic nitrogens is 1. The first-order chi connectivity index (χ1) is 9.75. The maximum Gasteiger partial charge on any atom is 0.251 e. The SMILES string of the molecule is CC1CCC(CNC(=O)c2cc(N)nc(C(C)(C)C)c2)C1. The third kappa shape index (κ3) is 4.19. The zero-order valence-corrected chi connectivity index (χ0v) is 13.6. The van der Waals surface area contributed by atoms with Crippen molar-refractivity contribution in [2.24, 2.45) is 11.8 Å². The van der Waals surface area contributed by atoms with Crippen molar-refractivity contribution < 1.29 is 4.79 Å². The molecule has 4 nitrogen and oxygen atoms in total. The highest BCUT2D eigenvalue weighted by Gasteiger charge is 2.22. The van der Waals surface area contributed by atoms with Crippen LogP contribution in [0.2, 0.25) is 0 Å². The molecule has 2 rings (SSSR count). The first kappa shape index (κ1) is 15.8. The molecule has 3 N–H and O–H groups in total. The van der Waals surface area contributed by atoms with Crippen molar-refractivity contribution in [2.45, 2.75) is 52.4 Å². The Morgan fingerprint density at radius 2 is 2.10 bits per heavy atom. The second-order valence-electron chi connectivity index (χ2n) is 7.41. The number of hydrogen-bond donors (Lipinski definition) is 2. The zero-order valence-electron chi connectivity index (χ0n) is 13.6. The molecule has 1 aliphatic carbocycles. The number of anilines is 1. The minimum absolute atomic E-state index is 0.0471. The molecule has 116 valence electrons. The number of hydrogen-bond acceptors (Lipinski definition) is 3. The molecule has 0 saturated heterocycles. The Labute approximate surface area is 127 Å². The second kappa shape index (κ2) is 6.04. The van der Waals surface area contributed by atoms with Gasteiger partial charge in [0.1, 0.15) is 5.82 Å². The first-order valence-electron chi connectivity index (χ1n) is 7.82. The molecule has 21 heavy (non-hydrogen) atoms. The van der Waals surface area contributed by atoms with Crippen molar-refractivity contribution in [3.8, 4) is 0 Å². The van der Waals surface area contributed by atoms with Crippen LogP contribution in [0.4, 0.5) is 5.82 Å². The smallest absolute Gasteiger partial charge is 0.251 e. The van der Waals surface area contributed by atoms with Crippen LogP contribution in [-0.4, -0.2) is 17.4 Å². The summed E-state index contributed by atoms with van der Waals surface area (Å²) >= 11 is 0. The van der Waals surface area contributed by atoms with Crippen LogP contribution in [0, 0.1) is 11.8 Å². The van der Waals surface area contributed by atoms with E-state index in [0.717, 1.165) is 18.2 Å². The van der Waals surface area contributed by atoms with E-state index in [4.69, 9.17) is 5.73 Å². The summed E-state index contributed by atoms with van der Waals surface area (Å²) < 4.78 is 0. The van der Waals surface area contributed by atoms with E-state index in [9.17, 15) is 4.79 Å². The van der Waals surface area contributed by atoms with Crippen LogP contribution in [0.25, 0.3) is 0 Å².